The zero-order chi connectivity index (χ0) is 20.8. The van der Waals surface area contributed by atoms with Crippen LogP contribution in [0, 0.1) is 11.3 Å². The third kappa shape index (κ3) is 4.23. The fourth-order valence-electron chi connectivity index (χ4n) is 3.43. The lowest BCUT2D eigenvalue weighted by Crippen LogP contribution is -2.16. The highest BCUT2D eigenvalue weighted by Gasteiger charge is 2.25. The summed E-state index contributed by atoms with van der Waals surface area (Å²) in [5.41, 5.74) is 5.59. The number of aliphatic hydroxyl groups is 2. The van der Waals surface area contributed by atoms with Gasteiger partial charge in [0, 0.05) is 23.8 Å². The summed E-state index contributed by atoms with van der Waals surface area (Å²) in [5, 5.41) is 33.0. The molecule has 0 saturated heterocycles. The number of nitrogens with one attached hydrogen (secondary N) is 1. The van der Waals surface area contributed by atoms with E-state index in [2.05, 4.69) is 11.4 Å². The van der Waals surface area contributed by atoms with Crippen LogP contribution >= 0.6 is 0 Å². The fraction of sp³-hybridized carbons (Fsp3) is 0.364. The van der Waals surface area contributed by atoms with E-state index in [1.54, 1.807) is 7.11 Å². The van der Waals surface area contributed by atoms with Crippen LogP contribution in [-0.4, -0.2) is 48.8 Å². The van der Waals surface area contributed by atoms with E-state index < -0.39 is 0 Å². The number of nitriles is 1. The Morgan fingerprint density at radius 2 is 1.79 bits per heavy atom. The Kier molecular flexibility index (Phi) is 7.30. The number of allylic oxidation sites excluding steroid dienone is 4. The monoisotopic (exact) mass is 382 g/mol. The van der Waals surface area contributed by atoms with Gasteiger partial charge in [0.2, 0.25) is 5.71 Å². The van der Waals surface area contributed by atoms with Gasteiger partial charge in [0.15, 0.2) is 0 Å². The fourth-order valence-corrected chi connectivity index (χ4v) is 3.43. The van der Waals surface area contributed by atoms with E-state index in [1.807, 2.05) is 56.9 Å². The smallest absolute Gasteiger partial charge is 0.203 e. The predicted molar refractivity (Wildman–Crippen MR) is 110 cm³/mol. The van der Waals surface area contributed by atoms with Crippen molar-refractivity contribution in [1.82, 2.24) is 5.32 Å². The second kappa shape index (κ2) is 9.47. The zero-order valence-electron chi connectivity index (χ0n) is 17.1. The molecule has 0 saturated carbocycles. The van der Waals surface area contributed by atoms with Crippen molar-refractivity contribution >= 4 is 11.3 Å². The molecule has 1 aromatic rings. The predicted octanol–water partition coefficient (Wildman–Crippen LogP) is 1.87. The van der Waals surface area contributed by atoms with E-state index in [1.165, 1.54) is 0 Å². The molecule has 1 aliphatic rings. The van der Waals surface area contributed by atoms with E-state index in [9.17, 15) is 15.5 Å². The van der Waals surface area contributed by atoms with Crippen LogP contribution in [0.5, 0.6) is 0 Å². The molecule has 3 N–H and O–H groups in total. The molecule has 6 heteroatoms. The highest BCUT2D eigenvalue weighted by atomic mass is 16.5. The molecule has 0 radical (unpaired) electrons. The van der Waals surface area contributed by atoms with Crippen molar-refractivity contribution in [2.45, 2.75) is 26.7 Å². The number of ether oxygens (including phenoxy) is 1. The summed E-state index contributed by atoms with van der Waals surface area (Å²) in [6.45, 7) is 2.06. The van der Waals surface area contributed by atoms with Crippen LogP contribution in [0.15, 0.2) is 41.2 Å². The number of hydrogen-bond acceptors (Lipinski definition) is 5. The largest absolute Gasteiger partial charge is 0.496 e. The molecule has 0 aliphatic heterocycles. The Morgan fingerprint density at radius 3 is 2.21 bits per heavy atom. The van der Waals surface area contributed by atoms with Gasteiger partial charge in [0.1, 0.15) is 25.9 Å². The molecule has 0 bridgehead atoms. The van der Waals surface area contributed by atoms with Crippen molar-refractivity contribution in [3.63, 3.8) is 0 Å². The maximum Gasteiger partial charge on any atom is 0.203 e. The topological polar surface area (TPSA) is 88.5 Å². The summed E-state index contributed by atoms with van der Waals surface area (Å²) in [4.78, 5) is 0. The van der Waals surface area contributed by atoms with Crippen molar-refractivity contribution in [1.29, 1.82) is 5.26 Å². The second-order valence-electron chi connectivity index (χ2n) is 6.86. The van der Waals surface area contributed by atoms with Gasteiger partial charge in [-0.15, -0.1) is 0 Å². The number of aliphatic hydroxyl groups excluding tert-OH is 2. The lowest BCUT2D eigenvalue weighted by molar-refractivity contribution is -0.462. The van der Waals surface area contributed by atoms with Gasteiger partial charge in [-0.05, 0) is 36.2 Å². The molecule has 0 amide bonds. The van der Waals surface area contributed by atoms with E-state index in [-0.39, 0.29) is 13.2 Å². The average Bonchev–Trinajstić information content (AvgIpc) is 2.69. The van der Waals surface area contributed by atoms with Crippen molar-refractivity contribution < 1.29 is 19.5 Å². The SMILES string of the molecule is CNCc1cc(CO)c(C(C#N)=C2C(C)=CC(=[N+](C)C)C=C2OC)c(CO)c1. The lowest BCUT2D eigenvalue weighted by atomic mass is 9.85. The summed E-state index contributed by atoms with van der Waals surface area (Å²) >= 11 is 0. The minimum Gasteiger partial charge on any atom is -0.496 e. The van der Waals surface area contributed by atoms with E-state index in [0.717, 1.165) is 16.8 Å². The lowest BCUT2D eigenvalue weighted by Gasteiger charge is -2.21. The van der Waals surface area contributed by atoms with Crippen molar-refractivity contribution in [2.75, 3.05) is 28.3 Å². The van der Waals surface area contributed by atoms with E-state index >= 15 is 0 Å². The van der Waals surface area contributed by atoms with Crippen LogP contribution in [0.4, 0.5) is 0 Å². The van der Waals surface area contributed by atoms with Crippen molar-refractivity contribution in [2.24, 2.45) is 0 Å². The van der Waals surface area contributed by atoms with Crippen LogP contribution in [0.2, 0.25) is 0 Å². The molecular weight excluding hydrogens is 354 g/mol. The highest BCUT2D eigenvalue weighted by molar-refractivity contribution is 6.05. The summed E-state index contributed by atoms with van der Waals surface area (Å²) in [5.74, 6) is 0.576. The van der Waals surface area contributed by atoms with Crippen LogP contribution in [0.1, 0.15) is 29.2 Å². The van der Waals surface area contributed by atoms with Crippen LogP contribution in [0.25, 0.3) is 5.57 Å². The summed E-state index contributed by atoms with van der Waals surface area (Å²) in [6.07, 6.45) is 3.87. The number of rotatable bonds is 6. The molecule has 0 atom stereocenters. The molecule has 148 valence electrons. The van der Waals surface area contributed by atoms with Gasteiger partial charge in [-0.25, -0.2) is 4.58 Å². The van der Waals surface area contributed by atoms with Crippen LogP contribution in [-0.2, 0) is 24.5 Å². The Labute approximate surface area is 166 Å². The first-order chi connectivity index (χ1) is 13.4. The Bertz CT molecular complexity index is 902. The molecule has 6 nitrogen and oxygen atoms in total. The number of benzene rings is 1. The normalized spacial score (nSPS) is 15.6. The Hall–Kier alpha value is -2.72. The summed E-state index contributed by atoms with van der Waals surface area (Å²) in [7, 11) is 7.29. The maximum atomic E-state index is 10.0. The molecule has 0 aromatic heterocycles. The molecule has 1 aromatic carbocycles. The van der Waals surface area contributed by atoms with Gasteiger partial charge >= 0.3 is 0 Å². The van der Waals surface area contributed by atoms with Crippen molar-refractivity contribution in [3.05, 3.63) is 63.4 Å². The van der Waals surface area contributed by atoms with E-state index in [4.69, 9.17) is 4.74 Å². The van der Waals surface area contributed by atoms with Crippen LogP contribution in [0.3, 0.4) is 0 Å². The van der Waals surface area contributed by atoms with Gasteiger partial charge in [0.25, 0.3) is 0 Å². The van der Waals surface area contributed by atoms with Crippen LogP contribution < -0.4 is 5.32 Å². The van der Waals surface area contributed by atoms with Gasteiger partial charge in [-0.2, -0.15) is 5.26 Å². The Balaban J connectivity index is 2.84. The third-order valence-corrected chi connectivity index (χ3v) is 4.72. The molecule has 0 unspecified atom stereocenters. The Morgan fingerprint density at radius 1 is 1.18 bits per heavy atom. The number of hydrogen-bond donors (Lipinski definition) is 3. The van der Waals surface area contributed by atoms with E-state index in [0.29, 0.717) is 40.1 Å². The molecule has 28 heavy (non-hydrogen) atoms. The van der Waals surface area contributed by atoms with Gasteiger partial charge < -0.3 is 20.3 Å². The van der Waals surface area contributed by atoms with Gasteiger partial charge in [-0.3, -0.25) is 0 Å². The third-order valence-electron chi connectivity index (χ3n) is 4.72. The van der Waals surface area contributed by atoms with Crippen molar-refractivity contribution in [3.8, 4) is 6.07 Å². The minimum atomic E-state index is -0.234. The first-order valence-electron chi connectivity index (χ1n) is 9.06. The molecule has 0 spiro atoms. The summed E-state index contributed by atoms with van der Waals surface area (Å²) in [6, 6.07) is 6.00. The standard InChI is InChI=1S/C22H28N3O3/c1-14-6-18(25(3)4)9-20(28-5)21(14)19(10-23)22-16(12-26)7-15(11-24-2)8-17(22)13-27/h6-9,24,26-27H,11-13H2,1-5H3/q+1. The molecule has 1 aliphatic carbocycles. The highest BCUT2D eigenvalue weighted by Crippen LogP contribution is 2.35. The quantitative estimate of drug-likeness (QED) is 0.516. The zero-order valence-corrected chi connectivity index (χ0v) is 17.1. The second-order valence-corrected chi connectivity index (χ2v) is 6.86. The molecule has 2 rings (SSSR count). The summed E-state index contributed by atoms with van der Waals surface area (Å²) < 4.78 is 7.57. The minimum absolute atomic E-state index is 0.234. The molecule has 0 fully saturated rings. The van der Waals surface area contributed by atoms with Gasteiger partial charge in [0.05, 0.1) is 32.0 Å². The number of methoxy groups -OCH3 is 1. The first-order valence-corrected chi connectivity index (χ1v) is 9.06. The molecular formula is C22H28N3O3+. The van der Waals surface area contributed by atoms with Gasteiger partial charge in [-0.1, -0.05) is 12.1 Å². The average molecular weight is 382 g/mol. The maximum absolute atomic E-state index is 10.0. The number of nitrogens with zero attached hydrogens (tertiary/aromatic N) is 2. The first kappa shape index (κ1) is 21.6. The molecule has 0 heterocycles.